The van der Waals surface area contributed by atoms with Gasteiger partial charge in [0, 0.05) is 35.3 Å². The smallest absolute Gasteiger partial charge is 0.0901 e. The van der Waals surface area contributed by atoms with Crippen LogP contribution in [0.25, 0.3) is 0 Å². The molecule has 0 aliphatic carbocycles. The Balaban J connectivity index is 1.68. The minimum Gasteiger partial charge on any atom is -0.369 e. The Morgan fingerprint density at radius 2 is 1.15 bits per heavy atom. The lowest BCUT2D eigenvalue weighted by atomic mass is 9.55. The van der Waals surface area contributed by atoms with Gasteiger partial charge >= 0.3 is 0 Å². The fraction of sp³-hybridized carbons (Fsp3) is 0.455. The molecule has 4 heterocycles. The number of para-hydroxylation sites is 2. The van der Waals surface area contributed by atoms with E-state index in [1.165, 1.54) is 35.3 Å². The molecule has 4 nitrogen and oxygen atoms in total. The summed E-state index contributed by atoms with van der Waals surface area (Å²) in [6.45, 7) is 2.29. The minimum atomic E-state index is 0.105. The van der Waals surface area contributed by atoms with Crippen LogP contribution in [0.2, 0.25) is 0 Å². The number of benzene rings is 2. The molecule has 2 N–H and O–H groups in total. The largest absolute Gasteiger partial charge is 0.369 e. The molecule has 4 heteroatoms. The zero-order chi connectivity index (χ0) is 17.5. The molecule has 2 saturated heterocycles. The van der Waals surface area contributed by atoms with E-state index in [1.54, 1.807) is 0 Å². The Labute approximate surface area is 155 Å². The van der Waals surface area contributed by atoms with Crippen LogP contribution in [0.5, 0.6) is 0 Å². The van der Waals surface area contributed by atoms with Crippen molar-refractivity contribution in [2.45, 2.75) is 36.0 Å². The normalized spacial score (nSPS) is 37.6. The molecule has 0 aromatic heterocycles. The van der Waals surface area contributed by atoms with Gasteiger partial charge in [-0.3, -0.25) is 9.80 Å². The average molecular weight is 346 g/mol. The number of hydrogen-bond donors (Lipinski definition) is 2. The first-order valence-electron chi connectivity index (χ1n) is 9.81. The third-order valence-electron chi connectivity index (χ3n) is 7.73. The summed E-state index contributed by atoms with van der Waals surface area (Å²) < 4.78 is 0. The van der Waals surface area contributed by atoms with Crippen molar-refractivity contribution in [2.75, 3.05) is 37.8 Å². The Hall–Kier alpha value is -2.04. The summed E-state index contributed by atoms with van der Waals surface area (Å²) in [5.74, 6) is 0. The van der Waals surface area contributed by atoms with E-state index in [4.69, 9.17) is 0 Å². The van der Waals surface area contributed by atoms with Crippen LogP contribution >= 0.6 is 0 Å². The Morgan fingerprint density at radius 3 is 1.62 bits per heavy atom. The molecule has 0 radical (unpaired) electrons. The van der Waals surface area contributed by atoms with E-state index >= 15 is 0 Å². The summed E-state index contributed by atoms with van der Waals surface area (Å²) in [6, 6.07) is 18.1. The summed E-state index contributed by atoms with van der Waals surface area (Å²) in [5, 5.41) is 7.79. The molecule has 4 aliphatic rings. The zero-order valence-electron chi connectivity index (χ0n) is 15.5. The molecule has 0 unspecified atom stereocenters. The maximum Gasteiger partial charge on any atom is 0.0901 e. The van der Waals surface area contributed by atoms with Crippen molar-refractivity contribution < 1.29 is 0 Å². The number of anilines is 2. The lowest BCUT2D eigenvalue weighted by molar-refractivity contribution is 0.147. The molecule has 2 aromatic rings. The van der Waals surface area contributed by atoms with Crippen LogP contribution in [0.3, 0.4) is 0 Å². The molecular formula is C22H26N4. The fourth-order valence-corrected chi connectivity index (χ4v) is 6.73. The molecule has 2 aromatic carbocycles. The van der Waals surface area contributed by atoms with Gasteiger partial charge in [0.05, 0.1) is 12.3 Å². The minimum absolute atomic E-state index is 0.105. The second-order valence-electron chi connectivity index (χ2n) is 8.59. The second kappa shape index (κ2) is 4.81. The van der Waals surface area contributed by atoms with Crippen LogP contribution in [0.1, 0.15) is 24.0 Å². The summed E-state index contributed by atoms with van der Waals surface area (Å²) >= 11 is 0. The van der Waals surface area contributed by atoms with E-state index in [0.29, 0.717) is 12.3 Å². The molecular weight excluding hydrogens is 320 g/mol. The predicted molar refractivity (Wildman–Crippen MR) is 106 cm³/mol. The number of likely N-dealkylation sites (N-methyl/N-ethyl adjacent to an activating group) is 2. The highest BCUT2D eigenvalue weighted by molar-refractivity contribution is 5.72. The number of hydrogen-bond acceptors (Lipinski definition) is 4. The number of nitrogens with one attached hydrogen (secondary N) is 2. The number of nitrogens with zero attached hydrogens (tertiary/aromatic N) is 2. The predicted octanol–water partition coefficient (Wildman–Crippen LogP) is 3.04. The second-order valence-corrected chi connectivity index (χ2v) is 8.59. The Bertz CT molecular complexity index is 822. The van der Waals surface area contributed by atoms with Crippen molar-refractivity contribution in [1.29, 1.82) is 0 Å². The van der Waals surface area contributed by atoms with Crippen molar-refractivity contribution in [1.82, 2.24) is 9.80 Å². The molecule has 0 spiro atoms. The summed E-state index contributed by atoms with van der Waals surface area (Å²) in [7, 11) is 4.56. The van der Waals surface area contributed by atoms with Gasteiger partial charge < -0.3 is 10.6 Å². The first-order valence-corrected chi connectivity index (χ1v) is 9.81. The van der Waals surface area contributed by atoms with Gasteiger partial charge in [-0.05, 0) is 50.2 Å². The average Bonchev–Trinajstić information content (AvgIpc) is 3.36. The molecule has 134 valence electrons. The molecule has 0 bridgehead atoms. The molecule has 6 rings (SSSR count). The maximum absolute atomic E-state index is 3.90. The van der Waals surface area contributed by atoms with Gasteiger partial charge in [-0.1, -0.05) is 36.4 Å². The molecule has 0 amide bonds. The van der Waals surface area contributed by atoms with Crippen LogP contribution in [0.4, 0.5) is 11.4 Å². The molecule has 4 atom stereocenters. The van der Waals surface area contributed by atoms with Gasteiger partial charge in [0.1, 0.15) is 0 Å². The molecule has 26 heavy (non-hydrogen) atoms. The molecule has 0 saturated carbocycles. The highest BCUT2D eigenvalue weighted by atomic mass is 15.4. The van der Waals surface area contributed by atoms with Crippen LogP contribution in [-0.2, 0) is 10.8 Å². The van der Waals surface area contributed by atoms with Gasteiger partial charge in [-0.25, -0.2) is 0 Å². The van der Waals surface area contributed by atoms with Gasteiger partial charge in [-0.2, -0.15) is 0 Å². The van der Waals surface area contributed by atoms with Crippen LogP contribution < -0.4 is 10.6 Å². The van der Waals surface area contributed by atoms with Crippen molar-refractivity contribution in [3.8, 4) is 0 Å². The van der Waals surface area contributed by atoms with E-state index in [-0.39, 0.29) is 10.8 Å². The topological polar surface area (TPSA) is 30.5 Å². The standard InChI is InChI=1S/C22H26N4/c1-25-13-11-21(15-7-3-5-9-17(15)23-19(21)25)22-12-14-26(2)20(22)24-18-10-6-4-8-16(18)22/h3-10,19-20,23-24H,11-14H2,1-2H3/t19-,20+,21+,22-. The van der Waals surface area contributed by atoms with Gasteiger partial charge in [0.15, 0.2) is 0 Å². The van der Waals surface area contributed by atoms with Crippen molar-refractivity contribution in [2.24, 2.45) is 0 Å². The van der Waals surface area contributed by atoms with Crippen LogP contribution in [-0.4, -0.2) is 49.3 Å². The zero-order valence-corrected chi connectivity index (χ0v) is 15.5. The number of fused-ring (bicyclic) bond motifs is 7. The van der Waals surface area contributed by atoms with E-state index in [0.717, 1.165) is 13.1 Å². The van der Waals surface area contributed by atoms with Gasteiger partial charge in [-0.15, -0.1) is 0 Å². The van der Waals surface area contributed by atoms with Crippen molar-refractivity contribution in [3.63, 3.8) is 0 Å². The van der Waals surface area contributed by atoms with Crippen LogP contribution in [0, 0.1) is 0 Å². The quantitative estimate of drug-likeness (QED) is 0.831. The summed E-state index contributed by atoms with van der Waals surface area (Å²) in [4.78, 5) is 5.07. The summed E-state index contributed by atoms with van der Waals surface area (Å²) in [6.07, 6.45) is 3.14. The lowest BCUT2D eigenvalue weighted by Crippen LogP contribution is -2.60. The number of rotatable bonds is 1. The van der Waals surface area contributed by atoms with E-state index < -0.39 is 0 Å². The third kappa shape index (κ3) is 1.47. The maximum atomic E-state index is 3.90. The van der Waals surface area contributed by atoms with Gasteiger partial charge in [0.2, 0.25) is 0 Å². The Kier molecular flexibility index (Phi) is 2.79. The van der Waals surface area contributed by atoms with E-state index in [9.17, 15) is 0 Å². The highest BCUT2D eigenvalue weighted by Gasteiger charge is 2.70. The van der Waals surface area contributed by atoms with Crippen molar-refractivity contribution >= 4 is 11.4 Å². The van der Waals surface area contributed by atoms with Gasteiger partial charge in [0.25, 0.3) is 0 Å². The summed E-state index contributed by atoms with van der Waals surface area (Å²) in [5.41, 5.74) is 5.91. The third-order valence-corrected chi connectivity index (χ3v) is 7.73. The molecule has 4 aliphatic heterocycles. The first kappa shape index (κ1) is 15.1. The number of likely N-dealkylation sites (tertiary alicyclic amines) is 2. The fourth-order valence-electron chi connectivity index (χ4n) is 6.73. The monoisotopic (exact) mass is 346 g/mol. The van der Waals surface area contributed by atoms with E-state index in [1.807, 2.05) is 0 Å². The van der Waals surface area contributed by atoms with Crippen LogP contribution in [0.15, 0.2) is 48.5 Å². The van der Waals surface area contributed by atoms with E-state index in [2.05, 4.69) is 83.1 Å². The Morgan fingerprint density at radius 1 is 0.731 bits per heavy atom. The first-order chi connectivity index (χ1) is 12.7. The highest BCUT2D eigenvalue weighted by Crippen LogP contribution is 2.65. The van der Waals surface area contributed by atoms with Crippen molar-refractivity contribution in [3.05, 3.63) is 59.7 Å². The lowest BCUT2D eigenvalue weighted by Gasteiger charge is -2.48. The molecule has 2 fully saturated rings. The SMILES string of the molecule is CN1CC[C@]2([C@@]34CCN(C)[C@@H]3Nc3ccccc34)c3ccccc3N[C@H]12.